The number of rotatable bonds is 43. The van der Waals surface area contributed by atoms with Crippen LogP contribution in [0.25, 0.3) is 0 Å². The minimum Gasteiger partial charge on any atom is -0.462 e. The molecule has 56 heavy (non-hydrogen) atoms. The largest absolute Gasteiger partial charge is 0.462 e. The Labute approximate surface area is 347 Å². The average molecular weight is 783 g/mol. The summed E-state index contributed by atoms with van der Waals surface area (Å²) in [6, 6.07) is 0. The molecule has 0 fully saturated rings. The van der Waals surface area contributed by atoms with Gasteiger partial charge in [-0.05, 0) is 51.4 Å². The molecule has 1 atom stereocenters. The Bertz CT molecular complexity index is 977. The monoisotopic (exact) mass is 783 g/mol. The average Bonchev–Trinajstić information content (AvgIpc) is 3.20. The summed E-state index contributed by atoms with van der Waals surface area (Å²) in [5.41, 5.74) is 0. The molecule has 0 aliphatic rings. The normalized spacial score (nSPS) is 12.7. The molecule has 0 aliphatic heterocycles. The van der Waals surface area contributed by atoms with Crippen molar-refractivity contribution < 1.29 is 23.8 Å². The van der Waals surface area contributed by atoms with Crippen molar-refractivity contribution in [2.75, 3.05) is 19.8 Å². The second kappa shape index (κ2) is 47.0. The molecule has 0 saturated carbocycles. The number of ether oxygens (including phenoxy) is 3. The maximum atomic E-state index is 12.7. The molecular formula is C51H90O5. The van der Waals surface area contributed by atoms with E-state index in [0.717, 1.165) is 64.2 Å². The summed E-state index contributed by atoms with van der Waals surface area (Å²) in [7, 11) is 0. The Hall–Kier alpha value is -2.40. The van der Waals surface area contributed by atoms with Gasteiger partial charge in [0.05, 0.1) is 13.2 Å². The van der Waals surface area contributed by atoms with E-state index in [2.05, 4.69) is 81.5 Å². The first kappa shape index (κ1) is 53.6. The van der Waals surface area contributed by atoms with Crippen LogP contribution in [0.3, 0.4) is 0 Å². The summed E-state index contributed by atoms with van der Waals surface area (Å²) in [5.74, 6) is -0.432. The zero-order valence-corrected chi connectivity index (χ0v) is 37.1. The highest BCUT2D eigenvalue weighted by molar-refractivity contribution is 5.70. The van der Waals surface area contributed by atoms with Gasteiger partial charge in [-0.25, -0.2) is 0 Å². The van der Waals surface area contributed by atoms with E-state index in [0.29, 0.717) is 19.4 Å². The molecule has 0 aromatic heterocycles. The summed E-state index contributed by atoms with van der Waals surface area (Å²) >= 11 is 0. The second-order valence-corrected chi connectivity index (χ2v) is 15.6. The molecule has 0 heterocycles. The third-order valence-corrected chi connectivity index (χ3v) is 10.1. The summed E-state index contributed by atoms with van der Waals surface area (Å²) in [5, 5.41) is 0. The Morgan fingerprint density at radius 2 is 0.768 bits per heavy atom. The highest BCUT2D eigenvalue weighted by Crippen LogP contribution is 2.15. The molecule has 1 unspecified atom stereocenters. The lowest BCUT2D eigenvalue weighted by molar-refractivity contribution is -0.162. The summed E-state index contributed by atoms with van der Waals surface area (Å²) in [4.78, 5) is 25.2. The molecule has 0 aromatic rings. The number of hydrogen-bond acceptors (Lipinski definition) is 5. The first-order chi connectivity index (χ1) is 27.6. The summed E-state index contributed by atoms with van der Waals surface area (Å²) in [6.45, 7) is 7.51. The van der Waals surface area contributed by atoms with Crippen molar-refractivity contribution in [2.24, 2.45) is 0 Å². The maximum absolute atomic E-state index is 12.7. The zero-order chi connectivity index (χ0) is 40.7. The highest BCUT2D eigenvalue weighted by atomic mass is 16.6. The van der Waals surface area contributed by atoms with Crippen LogP contribution >= 0.6 is 0 Å². The third kappa shape index (κ3) is 44.3. The van der Waals surface area contributed by atoms with Crippen molar-refractivity contribution in [3.63, 3.8) is 0 Å². The Kier molecular flexibility index (Phi) is 45.0. The van der Waals surface area contributed by atoms with Gasteiger partial charge in [0.25, 0.3) is 0 Å². The lowest BCUT2D eigenvalue weighted by atomic mass is 10.0. The van der Waals surface area contributed by atoms with Crippen LogP contribution < -0.4 is 0 Å². The highest BCUT2D eigenvalue weighted by Gasteiger charge is 2.17. The number of hydrogen-bond donors (Lipinski definition) is 0. The van der Waals surface area contributed by atoms with Crippen LogP contribution in [0.2, 0.25) is 0 Å². The van der Waals surface area contributed by atoms with E-state index in [1.54, 1.807) is 0 Å². The van der Waals surface area contributed by atoms with Gasteiger partial charge >= 0.3 is 11.9 Å². The van der Waals surface area contributed by atoms with E-state index in [4.69, 9.17) is 14.2 Å². The molecule has 0 N–H and O–H groups in total. The molecule has 0 spiro atoms. The zero-order valence-electron chi connectivity index (χ0n) is 37.1. The fraction of sp³-hybridized carbons (Fsp3) is 0.765. The Morgan fingerprint density at radius 1 is 0.411 bits per heavy atom. The van der Waals surface area contributed by atoms with Gasteiger partial charge in [-0.15, -0.1) is 0 Å². The van der Waals surface area contributed by atoms with Crippen molar-refractivity contribution in [1.82, 2.24) is 0 Å². The number of carbonyl (C=O) groups excluding carboxylic acids is 2. The number of esters is 2. The van der Waals surface area contributed by atoms with Crippen LogP contribution in [0.5, 0.6) is 0 Å². The minimum absolute atomic E-state index is 0.0585. The smallest absolute Gasteiger partial charge is 0.306 e. The lowest BCUT2D eigenvalue weighted by Gasteiger charge is -2.18. The van der Waals surface area contributed by atoms with Crippen LogP contribution in [0, 0.1) is 0 Å². The predicted octanol–water partition coefficient (Wildman–Crippen LogP) is 15.8. The molecule has 0 radical (unpaired) electrons. The molecule has 5 heteroatoms. The van der Waals surface area contributed by atoms with Gasteiger partial charge < -0.3 is 14.2 Å². The SMILES string of the molecule is CC/C=C\C/C=C\C/C=C\C/C=C\C/C=C\CCOCC(COC(=O)CCCCCCCCCCCCCCC)OC(=O)CCCCCCCCCCCCC. The molecule has 0 aliphatic carbocycles. The fourth-order valence-electron chi connectivity index (χ4n) is 6.57. The fourth-order valence-corrected chi connectivity index (χ4v) is 6.57. The van der Waals surface area contributed by atoms with Gasteiger partial charge in [-0.3, -0.25) is 9.59 Å². The number of unbranched alkanes of at least 4 members (excludes halogenated alkanes) is 22. The molecular weight excluding hydrogens is 693 g/mol. The van der Waals surface area contributed by atoms with E-state index in [1.807, 2.05) is 0 Å². The van der Waals surface area contributed by atoms with Gasteiger partial charge in [-0.1, -0.05) is 223 Å². The standard InChI is InChI=1S/C51H90O5/c1-4-7-10-13-16-19-22-24-25-26-28-31-34-37-40-43-46-54-47-49(56-51(53)45-42-39-36-33-29-21-18-15-12-9-6-3)48-55-50(52)44-41-38-35-32-30-27-23-20-17-14-11-8-5-2/h7,10,16,19,24-25,28,31,37,40,49H,4-6,8-9,11-15,17-18,20-23,26-27,29-30,32-36,38-39,41-48H2,1-3H3/b10-7-,19-16-,25-24-,31-28-,40-37-. The van der Waals surface area contributed by atoms with Crippen LogP contribution in [0.1, 0.15) is 226 Å². The quantitative estimate of drug-likeness (QED) is 0.0350. The lowest BCUT2D eigenvalue weighted by Crippen LogP contribution is -2.30. The van der Waals surface area contributed by atoms with E-state index in [1.165, 1.54) is 128 Å². The predicted molar refractivity (Wildman–Crippen MR) is 242 cm³/mol. The third-order valence-electron chi connectivity index (χ3n) is 10.1. The van der Waals surface area contributed by atoms with Gasteiger partial charge in [0, 0.05) is 12.8 Å². The van der Waals surface area contributed by atoms with Crippen molar-refractivity contribution in [2.45, 2.75) is 232 Å². The van der Waals surface area contributed by atoms with Crippen LogP contribution in [-0.2, 0) is 23.8 Å². The molecule has 0 bridgehead atoms. The van der Waals surface area contributed by atoms with Crippen LogP contribution in [0.15, 0.2) is 60.8 Å². The van der Waals surface area contributed by atoms with Gasteiger partial charge in [-0.2, -0.15) is 0 Å². The van der Waals surface area contributed by atoms with Crippen molar-refractivity contribution in [3.05, 3.63) is 60.8 Å². The molecule has 0 aromatic carbocycles. The maximum Gasteiger partial charge on any atom is 0.306 e. The summed E-state index contributed by atoms with van der Waals surface area (Å²) < 4.78 is 17.2. The molecule has 0 amide bonds. The molecule has 0 rings (SSSR count). The molecule has 324 valence electrons. The van der Waals surface area contributed by atoms with Gasteiger partial charge in [0.15, 0.2) is 6.10 Å². The van der Waals surface area contributed by atoms with Gasteiger partial charge in [0.1, 0.15) is 6.61 Å². The first-order valence-electron chi connectivity index (χ1n) is 23.8. The van der Waals surface area contributed by atoms with E-state index < -0.39 is 6.10 Å². The topological polar surface area (TPSA) is 61.8 Å². The van der Waals surface area contributed by atoms with E-state index >= 15 is 0 Å². The number of allylic oxidation sites excluding steroid dienone is 9. The van der Waals surface area contributed by atoms with Crippen LogP contribution in [-0.4, -0.2) is 37.9 Å². The van der Waals surface area contributed by atoms with E-state index in [9.17, 15) is 9.59 Å². The van der Waals surface area contributed by atoms with Crippen molar-refractivity contribution in [1.29, 1.82) is 0 Å². The van der Waals surface area contributed by atoms with Crippen molar-refractivity contribution in [3.8, 4) is 0 Å². The Balaban J connectivity index is 4.35. The van der Waals surface area contributed by atoms with E-state index in [-0.39, 0.29) is 25.2 Å². The van der Waals surface area contributed by atoms with Crippen LogP contribution in [0.4, 0.5) is 0 Å². The molecule has 0 saturated heterocycles. The minimum atomic E-state index is -0.570. The summed E-state index contributed by atoms with van der Waals surface area (Å²) in [6.07, 6.45) is 58.1. The Morgan fingerprint density at radius 3 is 1.18 bits per heavy atom. The van der Waals surface area contributed by atoms with Gasteiger partial charge in [0.2, 0.25) is 0 Å². The number of carbonyl (C=O) groups is 2. The van der Waals surface area contributed by atoms with Crippen molar-refractivity contribution >= 4 is 11.9 Å². The molecule has 5 nitrogen and oxygen atoms in total. The second-order valence-electron chi connectivity index (χ2n) is 15.6. The first-order valence-corrected chi connectivity index (χ1v) is 23.8.